The highest BCUT2D eigenvalue weighted by molar-refractivity contribution is 7.78. The zero-order valence-electron chi connectivity index (χ0n) is 8.34. The number of rotatable bonds is 4. The molecule has 78 valence electrons. The molecule has 1 atom stereocenters. The van der Waals surface area contributed by atoms with E-state index in [1.54, 1.807) is 0 Å². The maximum Gasteiger partial charge on any atom is 0.331 e. The second kappa shape index (κ2) is 6.06. The Kier molecular flexibility index (Phi) is 4.68. The fraction of sp³-hybridized carbons (Fsp3) is 0.273. The third-order valence-electron chi connectivity index (χ3n) is 1.95. The van der Waals surface area contributed by atoms with Crippen LogP contribution >= 0.6 is 12.2 Å². The van der Waals surface area contributed by atoms with E-state index in [4.69, 9.17) is 0 Å². The van der Waals surface area contributed by atoms with Crippen LogP contribution in [0.5, 0.6) is 0 Å². The number of aliphatic imine (C=N–C) groups is 1. The maximum atomic E-state index is 11.3. The minimum absolute atomic E-state index is 0.392. The van der Waals surface area contributed by atoms with E-state index in [9.17, 15) is 4.79 Å². The van der Waals surface area contributed by atoms with E-state index in [1.807, 2.05) is 30.3 Å². The fourth-order valence-corrected chi connectivity index (χ4v) is 1.35. The molecule has 15 heavy (non-hydrogen) atoms. The number of hydrogen-bond donors (Lipinski definition) is 0. The van der Waals surface area contributed by atoms with Crippen molar-refractivity contribution in [1.29, 1.82) is 0 Å². The van der Waals surface area contributed by atoms with Gasteiger partial charge in [0, 0.05) is 6.42 Å². The Morgan fingerprint density at radius 1 is 1.53 bits per heavy atom. The van der Waals surface area contributed by atoms with E-state index >= 15 is 0 Å². The molecule has 0 bridgehead atoms. The summed E-state index contributed by atoms with van der Waals surface area (Å²) in [5, 5.41) is 2.21. The lowest BCUT2D eigenvalue weighted by Crippen LogP contribution is -2.22. The number of methoxy groups -OCH3 is 1. The number of thiocarbonyl (C=S) groups is 1. The Bertz CT molecular complexity index is 371. The number of ether oxygens (including phenoxy) is 1. The molecule has 0 heterocycles. The molecule has 1 rings (SSSR count). The second-order valence-electron chi connectivity index (χ2n) is 2.95. The predicted octanol–water partition coefficient (Wildman–Crippen LogP) is 1.87. The number of benzene rings is 1. The van der Waals surface area contributed by atoms with Gasteiger partial charge in [-0.2, -0.15) is 0 Å². The molecule has 0 saturated carbocycles. The van der Waals surface area contributed by atoms with Crippen LogP contribution < -0.4 is 0 Å². The molecule has 0 aliphatic carbocycles. The Labute approximate surface area is 93.8 Å². The molecule has 0 fully saturated rings. The summed E-state index contributed by atoms with van der Waals surface area (Å²) in [6.45, 7) is 0. The highest BCUT2D eigenvalue weighted by atomic mass is 32.1. The largest absolute Gasteiger partial charge is 0.467 e. The van der Waals surface area contributed by atoms with Crippen LogP contribution in [0.15, 0.2) is 35.3 Å². The Hall–Kier alpha value is -1.51. The zero-order valence-corrected chi connectivity index (χ0v) is 9.16. The molecule has 3 nitrogen and oxygen atoms in total. The van der Waals surface area contributed by atoms with Gasteiger partial charge < -0.3 is 4.74 Å². The number of carbonyl (C=O) groups excluding carboxylic acids is 1. The number of nitrogens with zero attached hydrogens (tertiary/aromatic N) is 1. The first-order valence-electron chi connectivity index (χ1n) is 4.46. The monoisotopic (exact) mass is 221 g/mol. The van der Waals surface area contributed by atoms with Crippen molar-refractivity contribution in [2.45, 2.75) is 12.5 Å². The summed E-state index contributed by atoms with van der Waals surface area (Å²) in [6.07, 6.45) is 0.483. The minimum Gasteiger partial charge on any atom is -0.467 e. The smallest absolute Gasteiger partial charge is 0.331 e. The number of esters is 1. The summed E-state index contributed by atoms with van der Waals surface area (Å²) >= 11 is 4.49. The molecule has 0 aliphatic heterocycles. The summed E-state index contributed by atoms with van der Waals surface area (Å²) in [7, 11) is 1.33. The molecule has 0 radical (unpaired) electrons. The number of carbonyl (C=O) groups is 1. The average Bonchev–Trinajstić information content (AvgIpc) is 2.29. The van der Waals surface area contributed by atoms with Crippen LogP contribution in [0.1, 0.15) is 5.56 Å². The first kappa shape index (κ1) is 11.6. The molecule has 0 N–H and O–H groups in total. The Morgan fingerprint density at radius 2 is 2.20 bits per heavy atom. The highest BCUT2D eigenvalue weighted by Gasteiger charge is 2.17. The normalized spacial score (nSPS) is 11.3. The third kappa shape index (κ3) is 3.62. The van der Waals surface area contributed by atoms with Gasteiger partial charge in [-0.25, -0.2) is 9.79 Å². The lowest BCUT2D eigenvalue weighted by molar-refractivity contribution is -0.142. The summed E-state index contributed by atoms with van der Waals surface area (Å²) in [5.41, 5.74) is 1.02. The summed E-state index contributed by atoms with van der Waals surface area (Å²) < 4.78 is 4.62. The van der Waals surface area contributed by atoms with Crippen molar-refractivity contribution in [2.24, 2.45) is 4.99 Å². The van der Waals surface area contributed by atoms with Crippen LogP contribution in [0, 0.1) is 0 Å². The first-order chi connectivity index (χ1) is 7.27. The van der Waals surface area contributed by atoms with E-state index in [1.165, 1.54) is 7.11 Å². The molecule has 1 aromatic rings. The van der Waals surface area contributed by atoms with Crippen LogP contribution in [0.4, 0.5) is 0 Å². The van der Waals surface area contributed by atoms with Crippen molar-refractivity contribution in [2.75, 3.05) is 7.11 Å². The standard InChI is InChI=1S/C11H11NO2S/c1-14-11(13)10(12-8-15)7-9-5-3-2-4-6-9/h2-6,10H,7H2,1H3/t10-/m0/s1. The molecule has 0 spiro atoms. The second-order valence-corrected chi connectivity index (χ2v) is 3.13. The molecule has 1 aromatic carbocycles. The number of hydrogen-bond acceptors (Lipinski definition) is 4. The summed E-state index contributed by atoms with van der Waals surface area (Å²) in [5.74, 6) is -0.392. The van der Waals surface area contributed by atoms with Crippen molar-refractivity contribution in [3.8, 4) is 0 Å². The van der Waals surface area contributed by atoms with E-state index in [2.05, 4.69) is 27.1 Å². The van der Waals surface area contributed by atoms with E-state index in [0.29, 0.717) is 6.42 Å². The van der Waals surface area contributed by atoms with E-state index in [-0.39, 0.29) is 0 Å². The Balaban J connectivity index is 2.75. The van der Waals surface area contributed by atoms with Gasteiger partial charge in [0.15, 0.2) is 6.04 Å². The Morgan fingerprint density at radius 3 is 2.73 bits per heavy atom. The quantitative estimate of drug-likeness (QED) is 0.442. The van der Waals surface area contributed by atoms with Crippen molar-refractivity contribution in [3.05, 3.63) is 35.9 Å². The first-order valence-corrected chi connectivity index (χ1v) is 4.87. The average molecular weight is 221 g/mol. The van der Waals surface area contributed by atoms with Crippen LogP contribution in [0.3, 0.4) is 0 Å². The lowest BCUT2D eigenvalue weighted by atomic mass is 10.1. The summed E-state index contributed by atoms with van der Waals surface area (Å²) in [4.78, 5) is 15.1. The van der Waals surface area contributed by atoms with Gasteiger partial charge >= 0.3 is 5.97 Å². The van der Waals surface area contributed by atoms with Gasteiger partial charge in [0.25, 0.3) is 0 Å². The fourth-order valence-electron chi connectivity index (χ4n) is 1.22. The summed E-state index contributed by atoms with van der Waals surface area (Å²) in [6, 6.07) is 8.99. The molecular weight excluding hydrogens is 210 g/mol. The topological polar surface area (TPSA) is 38.7 Å². The third-order valence-corrected chi connectivity index (χ3v) is 2.06. The minimum atomic E-state index is -0.588. The molecular formula is C11H11NO2S. The lowest BCUT2D eigenvalue weighted by Gasteiger charge is -2.08. The van der Waals surface area contributed by atoms with Crippen molar-refractivity contribution < 1.29 is 9.53 Å². The molecule has 0 unspecified atom stereocenters. The molecule has 4 heteroatoms. The van der Waals surface area contributed by atoms with Gasteiger partial charge in [-0.15, -0.1) is 0 Å². The molecule has 0 saturated heterocycles. The van der Waals surface area contributed by atoms with Gasteiger partial charge in [-0.05, 0) is 17.8 Å². The predicted molar refractivity (Wildman–Crippen MR) is 61.0 cm³/mol. The highest BCUT2D eigenvalue weighted by Crippen LogP contribution is 2.06. The van der Waals surface area contributed by atoms with Crippen molar-refractivity contribution >= 4 is 23.3 Å². The SMILES string of the molecule is COC(=O)[C@H](Cc1ccccc1)N=C=S. The van der Waals surface area contributed by atoms with E-state index in [0.717, 1.165) is 5.56 Å². The van der Waals surface area contributed by atoms with Gasteiger partial charge in [0.2, 0.25) is 0 Å². The molecule has 0 amide bonds. The van der Waals surface area contributed by atoms with Crippen LogP contribution in [0.25, 0.3) is 0 Å². The van der Waals surface area contributed by atoms with Gasteiger partial charge in [0.1, 0.15) is 0 Å². The van der Waals surface area contributed by atoms with E-state index < -0.39 is 12.0 Å². The maximum absolute atomic E-state index is 11.3. The number of isothiocyanates is 1. The van der Waals surface area contributed by atoms with Crippen LogP contribution in [0.2, 0.25) is 0 Å². The van der Waals surface area contributed by atoms with Crippen LogP contribution in [-0.4, -0.2) is 24.3 Å². The zero-order chi connectivity index (χ0) is 11.1. The van der Waals surface area contributed by atoms with Gasteiger partial charge in [-0.1, -0.05) is 30.3 Å². The van der Waals surface area contributed by atoms with Gasteiger partial charge in [0.05, 0.1) is 12.3 Å². The van der Waals surface area contributed by atoms with Crippen LogP contribution in [-0.2, 0) is 16.0 Å². The van der Waals surface area contributed by atoms with Crippen molar-refractivity contribution in [1.82, 2.24) is 0 Å². The molecule has 0 aromatic heterocycles. The van der Waals surface area contributed by atoms with Gasteiger partial charge in [-0.3, -0.25) is 0 Å². The van der Waals surface area contributed by atoms with Crippen molar-refractivity contribution in [3.63, 3.8) is 0 Å². The molecule has 0 aliphatic rings.